The standard InChI is InChI=1S/C27H30F3N3O2/c1-5-7-15-32-21-12-10-9-11-20(21)26(3,4)22(32)14-13-18-23(27(28,29)30)19(17-31)25(35)33(24(18)34)16-8-6-2/h9-14H,5-8,15-16H2,1-4H3/b18-13+,22-14-. The maximum Gasteiger partial charge on any atom is 0.418 e. The van der Waals surface area contributed by atoms with Crippen LogP contribution in [0.1, 0.15) is 58.9 Å². The van der Waals surface area contributed by atoms with Crippen molar-refractivity contribution in [2.45, 2.75) is 65.0 Å². The number of hydrogen-bond acceptors (Lipinski definition) is 4. The molecule has 0 bridgehead atoms. The fraction of sp³-hybridized carbons (Fsp3) is 0.444. The number of nitriles is 1. The molecule has 0 atom stereocenters. The Morgan fingerprint density at radius 1 is 0.971 bits per heavy atom. The SMILES string of the molecule is CCCCN1C(=O)C(C#N)=C(C(F)(F)F)/C(=C\C=C2/N(CCCC)c3ccccc3C2(C)C)C1=O. The van der Waals surface area contributed by atoms with Crippen molar-refractivity contribution < 1.29 is 22.8 Å². The lowest BCUT2D eigenvalue weighted by molar-refractivity contribution is -0.143. The summed E-state index contributed by atoms with van der Waals surface area (Å²) in [5.74, 6) is -2.22. The molecule has 0 spiro atoms. The van der Waals surface area contributed by atoms with Crippen LogP contribution in [0.3, 0.4) is 0 Å². The Hall–Kier alpha value is -3.34. The maximum absolute atomic E-state index is 14.1. The van der Waals surface area contributed by atoms with Crippen molar-refractivity contribution in [3.63, 3.8) is 0 Å². The summed E-state index contributed by atoms with van der Waals surface area (Å²) in [4.78, 5) is 28.6. The van der Waals surface area contributed by atoms with Gasteiger partial charge >= 0.3 is 6.18 Å². The van der Waals surface area contributed by atoms with Crippen molar-refractivity contribution in [1.82, 2.24) is 4.90 Å². The first kappa shape index (κ1) is 26.3. The van der Waals surface area contributed by atoms with Gasteiger partial charge in [-0.05, 0) is 36.6 Å². The molecule has 186 valence electrons. The van der Waals surface area contributed by atoms with Crippen molar-refractivity contribution in [3.05, 3.63) is 64.4 Å². The van der Waals surface area contributed by atoms with Gasteiger partial charge in [0.15, 0.2) is 0 Å². The Morgan fingerprint density at radius 2 is 1.57 bits per heavy atom. The second-order valence-electron chi connectivity index (χ2n) is 9.25. The molecule has 2 heterocycles. The van der Waals surface area contributed by atoms with E-state index in [2.05, 4.69) is 11.8 Å². The summed E-state index contributed by atoms with van der Waals surface area (Å²) in [7, 11) is 0. The van der Waals surface area contributed by atoms with Gasteiger partial charge in [0.05, 0.1) is 11.1 Å². The normalized spacial score (nSPS) is 20.2. The molecule has 3 rings (SSSR count). The van der Waals surface area contributed by atoms with Gasteiger partial charge in [0.25, 0.3) is 11.8 Å². The third-order valence-corrected chi connectivity index (χ3v) is 6.53. The van der Waals surface area contributed by atoms with E-state index in [-0.39, 0.29) is 6.54 Å². The number of unbranched alkanes of at least 4 members (excludes halogenated alkanes) is 2. The van der Waals surface area contributed by atoms with Crippen molar-refractivity contribution in [1.29, 1.82) is 5.26 Å². The molecule has 2 aliphatic rings. The predicted octanol–water partition coefficient (Wildman–Crippen LogP) is 5.95. The number of alkyl halides is 3. The molecule has 8 heteroatoms. The lowest BCUT2D eigenvalue weighted by Gasteiger charge is -2.30. The van der Waals surface area contributed by atoms with Crippen molar-refractivity contribution in [3.8, 4) is 6.07 Å². The third-order valence-electron chi connectivity index (χ3n) is 6.53. The summed E-state index contributed by atoms with van der Waals surface area (Å²) in [6.07, 6.45) is 0.520. The molecule has 0 N–H and O–H groups in total. The number of fused-ring (bicyclic) bond motifs is 1. The van der Waals surface area contributed by atoms with Crippen molar-refractivity contribution >= 4 is 17.5 Å². The van der Waals surface area contributed by atoms with E-state index in [1.54, 1.807) is 0 Å². The zero-order valence-electron chi connectivity index (χ0n) is 20.5. The number of benzene rings is 1. The molecular formula is C27H30F3N3O2. The third kappa shape index (κ3) is 4.77. The molecule has 5 nitrogen and oxygen atoms in total. The van der Waals surface area contributed by atoms with Crippen LogP contribution in [-0.4, -0.2) is 36.0 Å². The number of anilines is 1. The van der Waals surface area contributed by atoms with E-state index in [0.29, 0.717) is 19.4 Å². The monoisotopic (exact) mass is 485 g/mol. The van der Waals surface area contributed by atoms with E-state index in [9.17, 15) is 28.0 Å². The molecule has 0 saturated carbocycles. The largest absolute Gasteiger partial charge is 0.418 e. The zero-order chi connectivity index (χ0) is 26.0. The predicted molar refractivity (Wildman–Crippen MR) is 128 cm³/mol. The Bertz CT molecular complexity index is 1150. The summed E-state index contributed by atoms with van der Waals surface area (Å²) in [5, 5.41) is 9.45. The highest BCUT2D eigenvalue weighted by molar-refractivity contribution is 6.18. The highest BCUT2D eigenvalue weighted by atomic mass is 19.4. The van der Waals surface area contributed by atoms with Crippen LogP contribution in [0, 0.1) is 11.3 Å². The number of carbonyl (C=O) groups is 2. The molecule has 2 amide bonds. The smallest absolute Gasteiger partial charge is 0.344 e. The second kappa shape index (κ2) is 10.1. The first-order valence-electron chi connectivity index (χ1n) is 11.9. The number of hydrogen-bond donors (Lipinski definition) is 0. The first-order valence-corrected chi connectivity index (χ1v) is 11.9. The van der Waals surface area contributed by atoms with Gasteiger partial charge < -0.3 is 4.90 Å². The highest BCUT2D eigenvalue weighted by Gasteiger charge is 2.48. The average molecular weight is 486 g/mol. The lowest BCUT2D eigenvalue weighted by Crippen LogP contribution is -2.45. The van der Waals surface area contributed by atoms with Crippen molar-refractivity contribution in [2.24, 2.45) is 0 Å². The van der Waals surface area contributed by atoms with E-state index in [0.717, 1.165) is 40.8 Å². The molecule has 0 radical (unpaired) electrons. The summed E-state index contributed by atoms with van der Waals surface area (Å²) in [6, 6.07) is 9.22. The molecule has 2 aliphatic heterocycles. The zero-order valence-corrected chi connectivity index (χ0v) is 20.5. The Morgan fingerprint density at radius 3 is 2.14 bits per heavy atom. The number of rotatable bonds is 7. The van der Waals surface area contributed by atoms with Gasteiger partial charge in [-0.15, -0.1) is 0 Å². The van der Waals surface area contributed by atoms with Crippen LogP contribution in [0.2, 0.25) is 0 Å². The number of allylic oxidation sites excluding steroid dienone is 3. The van der Waals surface area contributed by atoms with Crippen LogP contribution in [0.5, 0.6) is 0 Å². The summed E-state index contributed by atoms with van der Waals surface area (Å²) >= 11 is 0. The van der Waals surface area contributed by atoms with Gasteiger partial charge in [-0.2, -0.15) is 18.4 Å². The molecule has 35 heavy (non-hydrogen) atoms. The van der Waals surface area contributed by atoms with Gasteiger partial charge in [-0.25, -0.2) is 0 Å². The number of halogens is 3. The van der Waals surface area contributed by atoms with Crippen molar-refractivity contribution in [2.75, 3.05) is 18.0 Å². The second-order valence-corrected chi connectivity index (χ2v) is 9.25. The Balaban J connectivity index is 2.21. The summed E-state index contributed by atoms with van der Waals surface area (Å²) < 4.78 is 42.2. The molecular weight excluding hydrogens is 455 g/mol. The summed E-state index contributed by atoms with van der Waals surface area (Å²) in [6.45, 7) is 8.51. The van der Waals surface area contributed by atoms with Crippen LogP contribution >= 0.6 is 0 Å². The van der Waals surface area contributed by atoms with E-state index in [1.165, 1.54) is 12.1 Å². The van der Waals surface area contributed by atoms with Gasteiger partial charge in [-0.1, -0.05) is 58.7 Å². The molecule has 1 aromatic rings. The minimum absolute atomic E-state index is 0.0437. The number of para-hydroxylation sites is 1. The lowest BCUT2D eigenvalue weighted by atomic mass is 9.83. The first-order chi connectivity index (χ1) is 16.5. The van der Waals surface area contributed by atoms with Crippen LogP contribution in [0.4, 0.5) is 18.9 Å². The molecule has 0 aromatic heterocycles. The van der Waals surface area contributed by atoms with E-state index in [1.807, 2.05) is 45.0 Å². The van der Waals surface area contributed by atoms with Gasteiger partial charge in [0.2, 0.25) is 0 Å². The minimum Gasteiger partial charge on any atom is -0.344 e. The number of nitrogens with zero attached hydrogens (tertiary/aromatic N) is 3. The Kier molecular flexibility index (Phi) is 7.59. The molecule has 0 saturated heterocycles. The molecule has 0 unspecified atom stereocenters. The van der Waals surface area contributed by atoms with Crippen LogP contribution in [0.25, 0.3) is 0 Å². The fourth-order valence-corrected chi connectivity index (χ4v) is 4.65. The number of amides is 2. The molecule has 0 aliphatic carbocycles. The molecule has 1 aromatic carbocycles. The topological polar surface area (TPSA) is 64.4 Å². The van der Waals surface area contributed by atoms with E-state index >= 15 is 0 Å². The summed E-state index contributed by atoms with van der Waals surface area (Å²) in [5.41, 5.74) is -0.933. The van der Waals surface area contributed by atoms with Gasteiger partial charge in [0, 0.05) is 29.9 Å². The quantitative estimate of drug-likeness (QED) is 0.354. The van der Waals surface area contributed by atoms with E-state index < -0.39 is 40.1 Å². The average Bonchev–Trinajstić information content (AvgIpc) is 3.02. The fourth-order valence-electron chi connectivity index (χ4n) is 4.65. The minimum atomic E-state index is -5.03. The van der Waals surface area contributed by atoms with E-state index in [4.69, 9.17) is 0 Å². The van der Waals surface area contributed by atoms with Crippen LogP contribution in [0.15, 0.2) is 58.8 Å². The van der Waals surface area contributed by atoms with Gasteiger partial charge in [-0.3, -0.25) is 14.5 Å². The van der Waals surface area contributed by atoms with Crippen LogP contribution < -0.4 is 4.90 Å². The number of carbonyl (C=O) groups excluding carboxylic acids is 2. The van der Waals surface area contributed by atoms with Gasteiger partial charge in [0.1, 0.15) is 11.6 Å². The Labute approximate surface area is 204 Å². The van der Waals surface area contributed by atoms with Crippen LogP contribution in [-0.2, 0) is 15.0 Å². The maximum atomic E-state index is 14.1. The number of imide groups is 1. The highest BCUT2D eigenvalue weighted by Crippen LogP contribution is 2.48. The molecule has 0 fully saturated rings.